The van der Waals surface area contributed by atoms with E-state index in [0.29, 0.717) is 0 Å². The van der Waals surface area contributed by atoms with Gasteiger partial charge in [0.15, 0.2) is 6.10 Å². The first-order valence-electron chi connectivity index (χ1n) is 5.36. The monoisotopic (exact) mass is 260 g/mol. The van der Waals surface area contributed by atoms with E-state index in [4.69, 9.17) is 4.84 Å². The molecular weight excluding hydrogens is 244 g/mol. The van der Waals surface area contributed by atoms with Crippen molar-refractivity contribution in [2.45, 2.75) is 31.5 Å². The van der Waals surface area contributed by atoms with E-state index in [1.807, 2.05) is 0 Å². The van der Waals surface area contributed by atoms with Gasteiger partial charge in [0.2, 0.25) is 5.91 Å². The molecule has 0 aromatic rings. The summed E-state index contributed by atoms with van der Waals surface area (Å²) < 4.78 is 8.96. The molecule has 1 aliphatic rings. The lowest BCUT2D eigenvalue weighted by Gasteiger charge is -2.14. The highest BCUT2D eigenvalue weighted by atomic mass is 16.7. The maximum Gasteiger partial charge on any atom is 0.337 e. The van der Waals surface area contributed by atoms with Gasteiger partial charge in [0.25, 0.3) is 0 Å². The minimum atomic E-state index is -0.820. The fraction of sp³-hybridized carbons (Fsp3) is 0.700. The number of hydrogen-bond acceptors (Lipinski definition) is 7. The first kappa shape index (κ1) is 14.4. The standard InChI is InChI=1S/C10H16N2O6/c1-5(9(14)16-2)11-8(13)6-4-7(18-12-6)10(15)17-3/h5-7,12H,4H2,1-3H3,(H,11,13)/t5-,6-,7+/m0/s1. The zero-order chi connectivity index (χ0) is 13.7. The molecule has 0 bridgehead atoms. The number of methoxy groups -OCH3 is 2. The maximum atomic E-state index is 11.7. The Morgan fingerprint density at radius 3 is 2.56 bits per heavy atom. The van der Waals surface area contributed by atoms with Crippen molar-refractivity contribution in [1.82, 2.24) is 10.8 Å². The van der Waals surface area contributed by atoms with Crippen LogP contribution in [-0.4, -0.2) is 50.3 Å². The van der Waals surface area contributed by atoms with Crippen LogP contribution in [0, 0.1) is 0 Å². The van der Waals surface area contributed by atoms with Crippen LogP contribution in [0.1, 0.15) is 13.3 Å². The number of esters is 2. The highest BCUT2D eigenvalue weighted by Gasteiger charge is 2.36. The van der Waals surface area contributed by atoms with Crippen molar-refractivity contribution in [2.24, 2.45) is 0 Å². The molecule has 1 amide bonds. The zero-order valence-corrected chi connectivity index (χ0v) is 10.4. The molecule has 0 aromatic heterocycles. The third-order valence-electron chi connectivity index (χ3n) is 2.50. The van der Waals surface area contributed by atoms with Gasteiger partial charge in [-0.3, -0.25) is 9.63 Å². The Balaban J connectivity index is 2.45. The summed E-state index contributed by atoms with van der Waals surface area (Å²) in [7, 11) is 2.47. The zero-order valence-electron chi connectivity index (χ0n) is 10.4. The van der Waals surface area contributed by atoms with Gasteiger partial charge in [0, 0.05) is 6.42 Å². The van der Waals surface area contributed by atoms with Gasteiger partial charge in [-0.05, 0) is 6.92 Å². The molecule has 0 aromatic carbocycles. The lowest BCUT2D eigenvalue weighted by Crippen LogP contribution is -2.47. The molecule has 0 spiro atoms. The Labute approximate surface area is 104 Å². The van der Waals surface area contributed by atoms with Gasteiger partial charge in [0.1, 0.15) is 12.1 Å². The second kappa shape index (κ2) is 6.31. The average Bonchev–Trinajstić information content (AvgIpc) is 2.86. The summed E-state index contributed by atoms with van der Waals surface area (Å²) in [6.07, 6.45) is -0.675. The lowest BCUT2D eigenvalue weighted by atomic mass is 10.1. The van der Waals surface area contributed by atoms with E-state index < -0.39 is 36.0 Å². The Bertz CT molecular complexity index is 345. The number of rotatable bonds is 4. The Hall–Kier alpha value is -1.67. The van der Waals surface area contributed by atoms with E-state index in [9.17, 15) is 14.4 Å². The lowest BCUT2D eigenvalue weighted by molar-refractivity contribution is -0.154. The van der Waals surface area contributed by atoms with Crippen molar-refractivity contribution in [3.05, 3.63) is 0 Å². The molecule has 0 aliphatic carbocycles. The van der Waals surface area contributed by atoms with E-state index in [2.05, 4.69) is 20.3 Å². The minimum absolute atomic E-state index is 0.145. The van der Waals surface area contributed by atoms with Crippen molar-refractivity contribution in [1.29, 1.82) is 0 Å². The molecule has 0 saturated carbocycles. The second-order valence-corrected chi connectivity index (χ2v) is 3.79. The van der Waals surface area contributed by atoms with Gasteiger partial charge in [-0.15, -0.1) is 0 Å². The average molecular weight is 260 g/mol. The van der Waals surface area contributed by atoms with Gasteiger partial charge in [0.05, 0.1) is 14.2 Å². The molecule has 0 radical (unpaired) electrons. The summed E-state index contributed by atoms with van der Waals surface area (Å²) in [5.41, 5.74) is 2.42. The molecule has 1 heterocycles. The number of carbonyl (C=O) groups excluding carboxylic acids is 3. The topological polar surface area (TPSA) is 103 Å². The minimum Gasteiger partial charge on any atom is -0.467 e. The van der Waals surface area contributed by atoms with E-state index in [0.717, 1.165) is 0 Å². The molecular formula is C10H16N2O6. The van der Waals surface area contributed by atoms with Gasteiger partial charge in [-0.25, -0.2) is 9.59 Å². The summed E-state index contributed by atoms with van der Waals surface area (Å²) >= 11 is 0. The van der Waals surface area contributed by atoms with Gasteiger partial charge in [-0.2, -0.15) is 5.48 Å². The first-order chi connectivity index (χ1) is 8.49. The summed E-state index contributed by atoms with van der Waals surface area (Å²) in [6, 6.07) is -1.47. The fourth-order valence-corrected chi connectivity index (χ4v) is 1.46. The van der Waals surface area contributed by atoms with E-state index >= 15 is 0 Å². The number of carbonyl (C=O) groups is 3. The normalized spacial score (nSPS) is 24.2. The second-order valence-electron chi connectivity index (χ2n) is 3.79. The van der Waals surface area contributed by atoms with Crippen molar-refractivity contribution in [2.75, 3.05) is 14.2 Å². The smallest absolute Gasteiger partial charge is 0.337 e. The molecule has 1 fully saturated rings. The van der Waals surface area contributed by atoms with Crippen LogP contribution in [0.3, 0.4) is 0 Å². The van der Waals surface area contributed by atoms with Crippen LogP contribution in [-0.2, 0) is 28.7 Å². The van der Waals surface area contributed by atoms with Crippen molar-refractivity contribution >= 4 is 17.8 Å². The predicted molar refractivity (Wildman–Crippen MR) is 58.1 cm³/mol. The number of amides is 1. The van der Waals surface area contributed by atoms with Crippen LogP contribution in [0.5, 0.6) is 0 Å². The molecule has 0 unspecified atom stereocenters. The molecule has 2 N–H and O–H groups in total. The highest BCUT2D eigenvalue weighted by molar-refractivity contribution is 5.88. The summed E-state index contributed by atoms with van der Waals surface area (Å²) in [5, 5.41) is 2.44. The maximum absolute atomic E-state index is 11.7. The SMILES string of the molecule is COC(=O)[C@H](C)NC(=O)[C@@H]1C[C@H](C(=O)OC)ON1. The number of ether oxygens (including phenoxy) is 2. The Kier molecular flexibility index (Phi) is 5.05. The molecule has 3 atom stereocenters. The van der Waals surface area contributed by atoms with Crippen LogP contribution < -0.4 is 10.8 Å². The summed E-state index contributed by atoms with van der Waals surface area (Å²) in [5.74, 6) is -1.55. The number of hydroxylamine groups is 1. The number of nitrogens with one attached hydrogen (secondary N) is 2. The van der Waals surface area contributed by atoms with Crippen molar-refractivity contribution < 1.29 is 28.7 Å². The van der Waals surface area contributed by atoms with Crippen LogP contribution in [0.15, 0.2) is 0 Å². The predicted octanol–water partition coefficient (Wildman–Crippen LogP) is -1.50. The van der Waals surface area contributed by atoms with Crippen LogP contribution >= 0.6 is 0 Å². The molecule has 18 heavy (non-hydrogen) atoms. The third kappa shape index (κ3) is 3.41. The van der Waals surface area contributed by atoms with E-state index in [1.165, 1.54) is 21.1 Å². The quantitative estimate of drug-likeness (QED) is 0.593. The largest absolute Gasteiger partial charge is 0.467 e. The molecule has 8 nitrogen and oxygen atoms in total. The third-order valence-corrected chi connectivity index (χ3v) is 2.50. The van der Waals surface area contributed by atoms with Gasteiger partial charge in [-0.1, -0.05) is 0 Å². The van der Waals surface area contributed by atoms with Crippen LogP contribution in [0.2, 0.25) is 0 Å². The molecule has 1 saturated heterocycles. The van der Waals surface area contributed by atoms with Gasteiger partial charge >= 0.3 is 11.9 Å². The Morgan fingerprint density at radius 1 is 1.33 bits per heavy atom. The Morgan fingerprint density at radius 2 is 2.00 bits per heavy atom. The highest BCUT2D eigenvalue weighted by Crippen LogP contribution is 2.12. The summed E-state index contributed by atoms with van der Waals surface area (Å²) in [4.78, 5) is 38.9. The van der Waals surface area contributed by atoms with E-state index in [-0.39, 0.29) is 6.42 Å². The fourth-order valence-electron chi connectivity index (χ4n) is 1.46. The van der Waals surface area contributed by atoms with Crippen LogP contribution in [0.25, 0.3) is 0 Å². The first-order valence-corrected chi connectivity index (χ1v) is 5.36. The summed E-state index contributed by atoms with van der Waals surface area (Å²) in [6.45, 7) is 1.50. The van der Waals surface area contributed by atoms with Crippen molar-refractivity contribution in [3.63, 3.8) is 0 Å². The van der Waals surface area contributed by atoms with Crippen LogP contribution in [0.4, 0.5) is 0 Å². The van der Waals surface area contributed by atoms with Crippen molar-refractivity contribution in [3.8, 4) is 0 Å². The van der Waals surface area contributed by atoms with E-state index in [1.54, 1.807) is 0 Å². The number of hydrogen-bond donors (Lipinski definition) is 2. The molecule has 1 rings (SSSR count). The molecule has 8 heteroatoms. The molecule has 102 valence electrons. The molecule has 1 aliphatic heterocycles. The van der Waals surface area contributed by atoms with Gasteiger partial charge < -0.3 is 14.8 Å².